The van der Waals surface area contributed by atoms with Crippen molar-refractivity contribution in [1.29, 1.82) is 0 Å². The van der Waals surface area contributed by atoms with Crippen molar-refractivity contribution in [3.8, 4) is 0 Å². The fourth-order valence-electron chi connectivity index (χ4n) is 0. The van der Waals surface area contributed by atoms with Crippen LogP contribution in [0.2, 0.25) is 0 Å². The Morgan fingerprint density at radius 2 is 0.500 bits per heavy atom. The van der Waals surface area contributed by atoms with Crippen LogP contribution in [-0.4, -0.2) is 17.7 Å². The zero-order valence-electron chi connectivity index (χ0n) is 6.77. The molecule has 0 saturated heterocycles. The van der Waals surface area contributed by atoms with E-state index in [1.165, 1.54) is 0 Å². The van der Waals surface area contributed by atoms with Gasteiger partial charge in [-0.1, -0.05) is 0 Å². The van der Waals surface area contributed by atoms with E-state index in [1.807, 2.05) is 6.79 Å². The minimum Gasteiger partial charge on any atom is -0.412 e. The lowest BCUT2D eigenvalue weighted by atomic mass is 11.9. The van der Waals surface area contributed by atoms with Gasteiger partial charge in [0.25, 0.3) is 0 Å². The summed E-state index contributed by atoms with van der Waals surface area (Å²) in [6.07, 6.45) is 0. The molecule has 0 unspecified atom stereocenters. The largest absolute Gasteiger partial charge is 0.412 e. The summed E-state index contributed by atoms with van der Waals surface area (Å²) in [6.45, 7) is 2.00. The number of halogens is 8. The Hall–Kier alpha value is 1.75. The molecule has 0 aliphatic heterocycles. The van der Waals surface area contributed by atoms with Crippen LogP contribution in [0, 0.1) is 0 Å². The average Bonchev–Trinajstić information content (AvgIpc) is 2.12. The van der Waals surface area contributed by atoms with Gasteiger partial charge in [0.2, 0.25) is 0 Å². The predicted octanol–water partition coefficient (Wildman–Crippen LogP) is 3.41. The Morgan fingerprint density at radius 1 is 0.500 bits per heavy atom. The fourth-order valence-corrected chi connectivity index (χ4v) is 0. The second kappa shape index (κ2) is 126. The molecule has 0 rings (SSSR count). The average molecular weight is 414 g/mol. The third-order valence-corrected chi connectivity index (χ3v) is 0. The van der Waals surface area contributed by atoms with E-state index in [0.29, 0.717) is 0 Å². The van der Waals surface area contributed by atoms with Crippen LogP contribution in [0.5, 0.6) is 0 Å². The predicted molar refractivity (Wildman–Crippen MR) is 65.5 cm³/mol. The van der Waals surface area contributed by atoms with E-state index >= 15 is 0 Å². The highest BCUT2D eigenvalue weighted by Gasteiger charge is 1.39. The maximum atomic E-state index is 8.00. The van der Waals surface area contributed by atoms with Crippen molar-refractivity contribution in [2.45, 2.75) is 0 Å². The van der Waals surface area contributed by atoms with Gasteiger partial charge < -0.3 is 15.7 Å². The zero-order chi connectivity index (χ0) is 12.8. The molecule has 0 bridgehead atoms. The van der Waals surface area contributed by atoms with Crippen molar-refractivity contribution < 1.29 is 31.1 Å². The van der Waals surface area contributed by atoms with E-state index < -0.39 is 0 Å². The third-order valence-electron chi connectivity index (χ3n) is 0. The summed E-state index contributed by atoms with van der Waals surface area (Å²) in [5.41, 5.74) is 0. The molecule has 0 aliphatic carbocycles. The Labute approximate surface area is 132 Å². The quantitative estimate of drug-likeness (QED) is 0.603. The van der Waals surface area contributed by atoms with Gasteiger partial charge in [-0.3, -0.25) is 0 Å². The van der Waals surface area contributed by atoms with Crippen LogP contribution < -0.4 is 0 Å². The van der Waals surface area contributed by atoms with Gasteiger partial charge in [-0.15, -0.1) is 0 Å². The first-order valence-corrected chi connectivity index (χ1v) is 3.99. The van der Waals surface area contributed by atoms with Gasteiger partial charge in [0, 0.05) is 0 Å². The number of carbonyl (C=O) groups excluding carboxylic acids is 1. The van der Waals surface area contributed by atoms with Crippen molar-refractivity contribution in [1.82, 2.24) is 0 Å². The van der Waals surface area contributed by atoms with Crippen molar-refractivity contribution in [2.75, 3.05) is 0 Å². The summed E-state index contributed by atoms with van der Waals surface area (Å²) in [6, 6.07) is 0. The van der Waals surface area contributed by atoms with E-state index in [2.05, 4.69) is 110 Å². The molecule has 0 amide bonds. The Kier molecular flexibility index (Phi) is 338. The highest BCUT2D eigenvalue weighted by Crippen LogP contribution is 1.78. The molecule has 0 aromatic carbocycles. The van der Waals surface area contributed by atoms with Gasteiger partial charge in [0.1, 0.15) is 6.79 Å². The van der Waals surface area contributed by atoms with E-state index in [1.54, 1.807) is 0 Å². The molecule has 4 N–H and O–H groups in total. The van der Waals surface area contributed by atoms with Gasteiger partial charge in [0.05, 0.1) is 94.9 Å². The topological polar surface area (TPSA) is 117 Å². The Balaban J connectivity index is -0.0000000124. The molecule has 0 spiro atoms. The monoisotopic (exact) mass is 410 g/mol. The van der Waals surface area contributed by atoms with E-state index in [0.717, 1.165) is 0 Å². The summed E-state index contributed by atoms with van der Waals surface area (Å²) in [4.78, 5) is 8.00. The molecular weight excluding hydrogens is 408 g/mol. The zero-order valence-corrected chi connectivity index (χ0v) is 12.8. The molecule has 0 fully saturated rings. The second-order valence-corrected chi connectivity index (χ2v) is 2.10. The summed E-state index contributed by atoms with van der Waals surface area (Å²) >= 11 is 34.1. The second-order valence-electron chi connectivity index (χ2n) is 0.233. The highest BCUT2D eigenvalue weighted by molar-refractivity contribution is 6.25. The van der Waals surface area contributed by atoms with Crippen molar-refractivity contribution in [3.63, 3.8) is 0 Å². The van der Waals surface area contributed by atoms with Crippen LogP contribution in [0.1, 0.15) is 0 Å². The molecule has 0 aromatic rings. The first-order chi connectivity index (χ1) is 6.66. The molecule has 0 heterocycles. The minimum absolute atomic E-state index is 0. The third kappa shape index (κ3) is 1120. The SMILES string of the molecule is C=O.ClOCl.ClOCl.ClOCl.ClOCl.O.O. The van der Waals surface area contributed by atoms with Crippen LogP contribution >= 0.6 is 94.9 Å². The van der Waals surface area contributed by atoms with Crippen molar-refractivity contribution in [3.05, 3.63) is 0 Å². The van der Waals surface area contributed by atoms with Crippen LogP contribution in [0.15, 0.2) is 0 Å². The lowest BCUT2D eigenvalue weighted by Crippen LogP contribution is -1.15. The van der Waals surface area contributed by atoms with Crippen LogP contribution in [0.3, 0.4) is 0 Å². The van der Waals surface area contributed by atoms with Gasteiger partial charge in [-0.2, -0.15) is 15.4 Å². The fraction of sp³-hybridized carbons (Fsp3) is 0. The number of rotatable bonds is 0. The smallest absolute Gasteiger partial charge is 0.106 e. The van der Waals surface area contributed by atoms with E-state index in [4.69, 9.17) is 4.79 Å². The number of carbonyl (C=O) groups is 1. The van der Waals surface area contributed by atoms with E-state index in [9.17, 15) is 0 Å². The van der Waals surface area contributed by atoms with Crippen molar-refractivity contribution >= 4 is 102 Å². The summed E-state index contributed by atoms with van der Waals surface area (Å²) < 4.78 is 12.8. The first kappa shape index (κ1) is 43.1. The molecule has 15 heteroatoms. The lowest BCUT2D eigenvalue weighted by molar-refractivity contribution is -0.0979. The van der Waals surface area contributed by atoms with E-state index in [-0.39, 0.29) is 11.0 Å². The maximum Gasteiger partial charge on any atom is 0.106 e. The molecule has 0 aromatic heterocycles. The van der Waals surface area contributed by atoms with Gasteiger partial charge in [-0.25, -0.2) is 0 Å². The molecule has 108 valence electrons. The summed E-state index contributed by atoms with van der Waals surface area (Å²) in [5.74, 6) is 0. The maximum absolute atomic E-state index is 8.00. The van der Waals surface area contributed by atoms with Gasteiger partial charge in [0.15, 0.2) is 0 Å². The molecule has 0 atom stereocenters. The normalized spacial score (nSPS) is 4.75. The minimum atomic E-state index is 0. The van der Waals surface area contributed by atoms with Crippen LogP contribution in [-0.2, 0) is 20.2 Å². The highest BCUT2D eigenvalue weighted by atomic mass is 35.6. The molecule has 16 heavy (non-hydrogen) atoms. The molecule has 0 aliphatic rings. The van der Waals surface area contributed by atoms with Crippen LogP contribution in [0.25, 0.3) is 0 Å². The summed E-state index contributed by atoms with van der Waals surface area (Å²) in [5, 5.41) is 0. The van der Waals surface area contributed by atoms with Gasteiger partial charge >= 0.3 is 0 Å². The number of hydrogen-bond donors (Lipinski definition) is 0. The molecule has 0 saturated carbocycles. The summed E-state index contributed by atoms with van der Waals surface area (Å²) in [7, 11) is 0. The van der Waals surface area contributed by atoms with Gasteiger partial charge in [-0.05, 0) is 0 Å². The Morgan fingerprint density at radius 3 is 0.500 bits per heavy atom. The van der Waals surface area contributed by atoms with Crippen molar-refractivity contribution in [2.24, 2.45) is 0 Å². The number of hydrogen-bond acceptors (Lipinski definition) is 5. The lowest BCUT2D eigenvalue weighted by Gasteiger charge is -1.46. The standard InChI is InChI=1S/CH2O.4Cl2O.2H2O/c1-2;4*1-3-2;;/h1H2;;;;;2*1H2. The molecule has 7 nitrogen and oxygen atoms in total. The van der Waals surface area contributed by atoms with Crippen LogP contribution in [0.4, 0.5) is 0 Å². The molecule has 0 radical (unpaired) electrons. The molecular formula is CH6Cl8O7. The first-order valence-electron chi connectivity index (χ1n) is 1.52. The Bertz CT molecular complexity index is 35.6.